The first-order chi connectivity index (χ1) is 23.2. The van der Waals surface area contributed by atoms with Gasteiger partial charge in [-0.1, -0.05) is 84.6 Å². The summed E-state index contributed by atoms with van der Waals surface area (Å²) in [6, 6.07) is 21.5. The van der Waals surface area contributed by atoms with Crippen LogP contribution < -0.4 is 45.3 Å². The molecule has 2 aliphatic rings. The smallest absolute Gasteiger partial charge is 0.543 e. The first kappa shape index (κ1) is 36.0. The van der Waals surface area contributed by atoms with Gasteiger partial charge in [0.1, 0.15) is 23.0 Å². The van der Waals surface area contributed by atoms with Crippen molar-refractivity contribution in [2.45, 2.75) is 22.7 Å². The first-order valence-corrected chi connectivity index (χ1v) is 16.8. The Bertz CT molecular complexity index is 1920. The van der Waals surface area contributed by atoms with Crippen LogP contribution in [0.4, 0.5) is 4.79 Å². The van der Waals surface area contributed by atoms with Crippen molar-refractivity contribution in [2.24, 2.45) is 0 Å². The predicted molar refractivity (Wildman–Crippen MR) is 178 cm³/mol. The van der Waals surface area contributed by atoms with E-state index in [1.807, 2.05) is 30.3 Å². The maximum absolute atomic E-state index is 13.6. The van der Waals surface area contributed by atoms with E-state index in [2.05, 4.69) is 15.6 Å². The van der Waals surface area contributed by atoms with Gasteiger partial charge in [0.15, 0.2) is 5.58 Å². The van der Waals surface area contributed by atoms with Crippen molar-refractivity contribution in [2.75, 3.05) is 18.6 Å². The second-order valence-corrected chi connectivity index (χ2v) is 12.8. The third kappa shape index (κ3) is 7.94. The van der Waals surface area contributed by atoms with Crippen LogP contribution in [0.3, 0.4) is 0 Å². The van der Waals surface area contributed by atoms with Crippen LogP contribution in [-0.2, 0) is 19.2 Å². The zero-order chi connectivity index (χ0) is 33.8. The number of aliphatic carboxylic acids is 1. The van der Waals surface area contributed by atoms with E-state index in [0.717, 1.165) is 15.4 Å². The molecule has 3 heterocycles. The summed E-state index contributed by atoms with van der Waals surface area (Å²) in [5.74, 6) is -2.98. The molecular weight excluding hydrogens is 678 g/mol. The summed E-state index contributed by atoms with van der Waals surface area (Å²) in [6.07, 6.45) is 2.81. The quantitative estimate of drug-likeness (QED) is 0.0990. The molecule has 0 aliphatic carbocycles. The topological polar surface area (TPSA) is 165 Å². The molecule has 1 saturated heterocycles. The SMILES string of the molecule is CN(C(=O)C=Cc1ccccc1)C(=O)N[C@@H](C(=O)NC1C(=O)N2C(C(=O)[O-])=C(CSc3nc4ccccc4o3)CS[C@H]12)c1ccccc1.[Na+]. The Kier molecular flexibility index (Phi) is 11.7. The number of rotatable bonds is 10. The maximum Gasteiger partial charge on any atom is 1.00 e. The van der Waals surface area contributed by atoms with Gasteiger partial charge in [0, 0.05) is 24.6 Å². The zero-order valence-electron chi connectivity index (χ0n) is 26.4. The van der Waals surface area contributed by atoms with Gasteiger partial charge in [-0.25, -0.2) is 9.78 Å². The molecule has 3 atom stereocenters. The molecule has 15 heteroatoms. The van der Waals surface area contributed by atoms with Crippen molar-refractivity contribution >= 4 is 70.4 Å². The van der Waals surface area contributed by atoms with Crippen LogP contribution in [-0.4, -0.2) is 74.5 Å². The third-order valence-electron chi connectivity index (χ3n) is 7.70. The second kappa shape index (κ2) is 15.9. The van der Waals surface area contributed by atoms with Crippen LogP contribution in [0.15, 0.2) is 112 Å². The Hall–Kier alpha value is -4.34. The number of hydrogen-bond acceptors (Lipinski definition) is 10. The van der Waals surface area contributed by atoms with Crippen LogP contribution in [0.5, 0.6) is 0 Å². The van der Waals surface area contributed by atoms with E-state index in [-0.39, 0.29) is 46.8 Å². The molecule has 1 unspecified atom stereocenters. The summed E-state index contributed by atoms with van der Waals surface area (Å²) < 4.78 is 5.72. The number of likely N-dealkylation sites (N-methyl/N-ethyl adjacent to an activating group) is 1. The molecule has 0 bridgehead atoms. The number of carboxylic acids is 1. The van der Waals surface area contributed by atoms with E-state index >= 15 is 0 Å². The van der Waals surface area contributed by atoms with Gasteiger partial charge >= 0.3 is 35.6 Å². The number of carbonyl (C=O) groups excluding carboxylic acids is 5. The summed E-state index contributed by atoms with van der Waals surface area (Å²) in [4.78, 5) is 71.4. The van der Waals surface area contributed by atoms with Gasteiger partial charge in [-0.05, 0) is 34.9 Å². The summed E-state index contributed by atoms with van der Waals surface area (Å²) in [6.45, 7) is 0. The van der Waals surface area contributed by atoms with Crippen LogP contribution >= 0.6 is 23.5 Å². The summed E-state index contributed by atoms with van der Waals surface area (Å²) >= 11 is 2.51. The van der Waals surface area contributed by atoms with Crippen LogP contribution in [0, 0.1) is 0 Å². The maximum atomic E-state index is 13.6. The fraction of sp³-hybridized carbons (Fsp3) is 0.176. The molecule has 1 fully saturated rings. The van der Waals surface area contributed by atoms with Crippen molar-refractivity contribution in [1.29, 1.82) is 0 Å². The second-order valence-electron chi connectivity index (χ2n) is 10.8. The van der Waals surface area contributed by atoms with Gasteiger partial charge in [-0.3, -0.25) is 24.2 Å². The molecular formula is C34H28N5NaO7S2. The van der Waals surface area contributed by atoms with Gasteiger partial charge in [-0.15, -0.1) is 11.8 Å². The van der Waals surface area contributed by atoms with Crippen molar-refractivity contribution in [3.63, 3.8) is 0 Å². The van der Waals surface area contributed by atoms with Crippen LogP contribution in [0.25, 0.3) is 17.2 Å². The average Bonchev–Trinajstić information content (AvgIpc) is 3.53. The Morgan fingerprint density at radius 2 is 1.73 bits per heavy atom. The number of urea groups is 1. The van der Waals surface area contributed by atoms with E-state index < -0.39 is 47.2 Å². The summed E-state index contributed by atoms with van der Waals surface area (Å²) in [7, 11) is 1.28. The van der Waals surface area contributed by atoms with Gasteiger partial charge < -0.3 is 25.0 Å². The fourth-order valence-corrected chi connectivity index (χ4v) is 7.51. The molecule has 244 valence electrons. The number of oxazole rings is 1. The minimum atomic E-state index is -1.50. The summed E-state index contributed by atoms with van der Waals surface area (Å²) in [5.41, 5.74) is 2.68. The number of nitrogens with zero attached hydrogens (tertiary/aromatic N) is 3. The van der Waals surface area contributed by atoms with Crippen molar-refractivity contribution in [3.05, 3.63) is 113 Å². The molecule has 2 N–H and O–H groups in total. The number of fused-ring (bicyclic) bond motifs is 2. The molecule has 3 aromatic carbocycles. The number of aromatic nitrogens is 1. The molecule has 5 amide bonds. The van der Waals surface area contributed by atoms with Gasteiger partial charge in [0.2, 0.25) is 5.91 Å². The van der Waals surface area contributed by atoms with E-state index in [1.54, 1.807) is 60.7 Å². The fourth-order valence-electron chi connectivity index (χ4n) is 5.19. The Morgan fingerprint density at radius 3 is 2.43 bits per heavy atom. The molecule has 0 spiro atoms. The van der Waals surface area contributed by atoms with E-state index in [1.165, 1.54) is 36.6 Å². The molecule has 6 rings (SSSR count). The monoisotopic (exact) mass is 705 g/mol. The molecule has 49 heavy (non-hydrogen) atoms. The van der Waals surface area contributed by atoms with Gasteiger partial charge in [0.25, 0.3) is 17.0 Å². The van der Waals surface area contributed by atoms with Crippen molar-refractivity contribution in [3.8, 4) is 0 Å². The molecule has 1 aromatic heterocycles. The number of hydrogen-bond donors (Lipinski definition) is 2. The molecule has 0 radical (unpaired) electrons. The van der Waals surface area contributed by atoms with Gasteiger partial charge in [0.05, 0.1) is 11.7 Å². The molecule has 2 aliphatic heterocycles. The number of carbonyl (C=O) groups is 5. The molecule has 4 aromatic rings. The average molecular weight is 706 g/mol. The van der Waals surface area contributed by atoms with E-state index in [4.69, 9.17) is 4.42 Å². The Labute approximate surface area is 311 Å². The Morgan fingerprint density at radius 1 is 1.06 bits per heavy atom. The number of nitrogens with one attached hydrogen (secondary N) is 2. The number of thioether (sulfide) groups is 2. The molecule has 12 nitrogen and oxygen atoms in total. The zero-order valence-corrected chi connectivity index (χ0v) is 30.0. The number of β-lactam (4-membered cyclic amide) rings is 1. The number of carboxylic acid groups (broad SMARTS) is 1. The van der Waals surface area contributed by atoms with Crippen molar-refractivity contribution < 1.29 is 63.1 Å². The minimum absolute atomic E-state index is 0. The molecule has 0 saturated carbocycles. The normalized spacial score (nSPS) is 17.5. The summed E-state index contributed by atoms with van der Waals surface area (Å²) in [5, 5.41) is 17.2. The predicted octanol–water partition coefficient (Wildman–Crippen LogP) is -0.0495. The van der Waals surface area contributed by atoms with Gasteiger partial charge in [-0.2, -0.15) is 0 Å². The third-order valence-corrected chi connectivity index (χ3v) is 9.95. The minimum Gasteiger partial charge on any atom is -0.543 e. The largest absolute Gasteiger partial charge is 1.00 e. The van der Waals surface area contributed by atoms with E-state index in [9.17, 15) is 29.1 Å². The number of amides is 5. The first-order valence-electron chi connectivity index (χ1n) is 14.7. The Balaban J connectivity index is 0.00000468. The van der Waals surface area contributed by atoms with Crippen LogP contribution in [0.1, 0.15) is 17.2 Å². The van der Waals surface area contributed by atoms with Crippen molar-refractivity contribution in [1.82, 2.24) is 25.4 Å². The van der Waals surface area contributed by atoms with E-state index in [0.29, 0.717) is 27.5 Å². The van der Waals surface area contributed by atoms with Crippen LogP contribution in [0.2, 0.25) is 0 Å². The number of para-hydroxylation sites is 2. The standard InChI is InChI=1S/C34H29N5O7S2.Na/c1-38(25(40)17-16-20-10-4-2-5-11-20)33(45)37-26(21-12-6-3-7-13-21)29(41)36-27-30(42)39-28(32(43)44)22(18-47-31(27)39)19-48-34-35-23-14-8-9-15-24(23)46-34;/h2-17,26-27,31H,18-19H2,1H3,(H,36,41)(H,37,45)(H,43,44);/q;+1/p-1/t26-,27?,31-;/m1./s1. The number of benzene rings is 3. The number of imide groups is 1.